The Morgan fingerprint density at radius 1 is 0.696 bits per heavy atom. The molecule has 0 spiro atoms. The van der Waals surface area contributed by atoms with E-state index in [0.717, 1.165) is 0 Å². The molecule has 6 aromatic rings. The standard InChI is InChI=1S/C28H38N7O5P.C19H21N5O4.C15H32N3OP.CH3I.H2P/c1-8-21-23(40-41(38-15-14-29-6)35(18(2)3)19(4)5)24(37-7)28(39-21)34-17-32-22-25(30-16-31-26(22)34)33-27(36)20-12-10-9-11-13-20;1-3-12-14(25)15(27-2)19(28-12)24-10-22-13-16(20-9-21-17(13)24)23-18(26)11-7-5-4-6-8-11;1-12(2)17(13(3)4)20(19-11-9-10-16)18(14(5)6)15(7)8;1-2;/h9-13,16-19,21,23-24,28H,8,14-15H2,1-5,7H3,(H,30,31,33,36);4-10,12,14-15,19,25H,3H2,1-2H3,(H,20,21,23,26);12-15H,9,11H2,1-8H3;1H3;1H2/q;;;;-1/t21-,23?,24+,28-,41?;12-,14?,15+,19-;;;/m11.../s1/i8D2;3D2;;1D;. The van der Waals surface area contributed by atoms with Crippen molar-refractivity contribution in [3.8, 4) is 6.07 Å². The summed E-state index contributed by atoms with van der Waals surface area (Å²) in [6.45, 7) is 36.6. The second-order valence-corrected chi connectivity index (χ2v) is 25.4. The molecule has 92 heavy (non-hydrogen) atoms. The number of alkyl halides is 1. The summed E-state index contributed by atoms with van der Waals surface area (Å²) in [5, 5.41) is 24.8. The molecule has 2 aliphatic heterocycles. The van der Waals surface area contributed by atoms with Crippen LogP contribution >= 0.6 is 49.5 Å². The van der Waals surface area contributed by atoms with Crippen LogP contribution in [-0.4, -0.2) is 182 Å². The third-order valence-electron chi connectivity index (χ3n) is 14.1. The van der Waals surface area contributed by atoms with Gasteiger partial charge in [-0.3, -0.25) is 18.7 Å². The highest BCUT2D eigenvalue weighted by Gasteiger charge is 2.49. The summed E-state index contributed by atoms with van der Waals surface area (Å²) >= 11 is 1.96. The average molecular weight is 1450 g/mol. The molecule has 3 N–H and O–H groups in total. The summed E-state index contributed by atoms with van der Waals surface area (Å²) in [4.78, 5) is 54.9. The van der Waals surface area contributed by atoms with E-state index >= 15 is 0 Å². The van der Waals surface area contributed by atoms with Gasteiger partial charge in [-0.2, -0.15) is 5.26 Å². The van der Waals surface area contributed by atoms with Gasteiger partial charge in [0, 0.05) is 68.5 Å². The van der Waals surface area contributed by atoms with Gasteiger partial charge in [-0.15, -0.1) is 0 Å². The predicted molar refractivity (Wildman–Crippen MR) is 374 cm³/mol. The zero-order valence-electron chi connectivity index (χ0n) is 60.5. The Kier molecular flexibility index (Phi) is 30.9. The number of aliphatic hydroxyl groups is 1. The fourth-order valence-corrected chi connectivity index (χ4v) is 14.5. The van der Waals surface area contributed by atoms with Crippen LogP contribution in [0.2, 0.25) is 0 Å². The minimum atomic E-state index is -1.83. The van der Waals surface area contributed by atoms with E-state index in [2.05, 4.69) is 121 Å². The number of imidazole rings is 2. The van der Waals surface area contributed by atoms with Crippen molar-refractivity contribution in [1.82, 2.24) is 53.0 Å². The molecular formula is C63H96IN15O10P3-. The number of anilines is 2. The highest BCUT2D eigenvalue weighted by Crippen LogP contribution is 2.52. The van der Waals surface area contributed by atoms with Crippen LogP contribution in [0.15, 0.2) is 86.0 Å². The highest BCUT2D eigenvalue weighted by molar-refractivity contribution is 14.1. The molecule has 0 bridgehead atoms. The van der Waals surface area contributed by atoms with Gasteiger partial charge in [0.25, 0.3) is 20.3 Å². The van der Waals surface area contributed by atoms with Crippen molar-refractivity contribution in [3.63, 3.8) is 0 Å². The molecule has 0 saturated carbocycles. The number of carbonyl (C=O) groups is 2. The van der Waals surface area contributed by atoms with Gasteiger partial charge < -0.3 is 63.0 Å². The minimum Gasteiger partial charge on any atom is -0.577 e. The van der Waals surface area contributed by atoms with Crippen molar-refractivity contribution in [1.29, 1.82) is 5.26 Å². The van der Waals surface area contributed by atoms with E-state index in [1.807, 2.05) is 62.4 Å². The van der Waals surface area contributed by atoms with Crippen LogP contribution in [0.3, 0.4) is 0 Å². The second kappa shape index (κ2) is 39.8. The molecule has 0 aliphatic carbocycles. The first-order valence-electron chi connectivity index (χ1n) is 32.7. The summed E-state index contributed by atoms with van der Waals surface area (Å²) in [6.07, 6.45) is -5.18. The first-order valence-corrected chi connectivity index (χ1v) is 33.8. The molecule has 8 rings (SSSR count). The number of ether oxygens (including phenoxy) is 4. The summed E-state index contributed by atoms with van der Waals surface area (Å²) in [6, 6.07) is 21.4. The number of benzene rings is 2. The normalized spacial score (nSPS) is 21.0. The van der Waals surface area contributed by atoms with E-state index in [4.69, 9.17) is 51.2 Å². The Hall–Kier alpha value is -4.96. The molecular weight excluding hydrogens is 1350 g/mol. The number of aliphatic hydroxyl groups excluding tert-OH is 1. The zero-order chi connectivity index (χ0) is 71.4. The summed E-state index contributed by atoms with van der Waals surface area (Å²) in [7, 11) is 0.367. The molecule has 2 aromatic carbocycles. The van der Waals surface area contributed by atoms with Gasteiger partial charge in [-0.05, 0) is 125 Å². The number of nitrogens with zero attached hydrogens (tertiary/aromatic N) is 13. The number of amides is 2. The van der Waals surface area contributed by atoms with E-state index < -0.39 is 78.8 Å². The number of halogens is 1. The fourth-order valence-electron chi connectivity index (χ4n) is 10.4. The molecule has 2 amide bonds. The topological polar surface area (TPSA) is 268 Å². The van der Waals surface area contributed by atoms with E-state index in [0.29, 0.717) is 75.6 Å². The van der Waals surface area contributed by atoms with E-state index in [-0.39, 0.29) is 58.6 Å². The highest BCUT2D eigenvalue weighted by atomic mass is 127. The van der Waals surface area contributed by atoms with Crippen molar-refractivity contribution in [3.05, 3.63) is 109 Å². The van der Waals surface area contributed by atoms with Gasteiger partial charge in [0.15, 0.2) is 54.9 Å². The number of nitriles is 1. The van der Waals surface area contributed by atoms with Crippen molar-refractivity contribution in [2.75, 3.05) is 49.5 Å². The van der Waals surface area contributed by atoms with Gasteiger partial charge in [0.1, 0.15) is 43.7 Å². The maximum absolute atomic E-state index is 12.8. The Labute approximate surface area is 570 Å². The van der Waals surface area contributed by atoms with Gasteiger partial charge >= 0.3 is 0 Å². The molecule has 2 aliphatic rings. The van der Waals surface area contributed by atoms with Gasteiger partial charge in [0.2, 0.25) is 6.54 Å². The Morgan fingerprint density at radius 2 is 1.12 bits per heavy atom. The number of carbonyl (C=O) groups excluding carboxylic acids is 2. The Bertz CT molecular complexity index is 3400. The number of fused-ring (bicyclic) bond motifs is 2. The zero-order valence-corrected chi connectivity index (χ0v) is 60.6. The van der Waals surface area contributed by atoms with Gasteiger partial charge in [-0.1, -0.05) is 72.8 Å². The van der Waals surface area contributed by atoms with Crippen LogP contribution in [0.1, 0.15) is 156 Å². The number of aromatic nitrogens is 8. The van der Waals surface area contributed by atoms with E-state index in [1.54, 1.807) is 53.1 Å². The number of hydrogen-bond donors (Lipinski definition) is 3. The fraction of sp³-hybridized carbons (Fsp3) is 0.587. The molecule has 4 aromatic heterocycles. The molecule has 0 radical (unpaired) electrons. The lowest BCUT2D eigenvalue weighted by Crippen LogP contribution is -2.43. The van der Waals surface area contributed by atoms with Crippen LogP contribution in [0.25, 0.3) is 27.2 Å². The second-order valence-electron chi connectivity index (χ2n) is 22.3. The first kappa shape index (κ1) is 71.3. The summed E-state index contributed by atoms with van der Waals surface area (Å²) in [5.74, 6) is -0.240. The third-order valence-corrected chi connectivity index (χ3v) is 19.3. The number of methoxy groups -OCH3 is 2. The van der Waals surface area contributed by atoms with Crippen LogP contribution < -0.4 is 10.6 Å². The van der Waals surface area contributed by atoms with Crippen LogP contribution in [-0.2, 0) is 32.5 Å². The van der Waals surface area contributed by atoms with Crippen LogP contribution in [0.5, 0.6) is 0 Å². The smallest absolute Gasteiger partial charge is 0.259 e. The summed E-state index contributed by atoms with van der Waals surface area (Å²) < 4.78 is 91.7. The van der Waals surface area contributed by atoms with E-state index in [9.17, 15) is 14.7 Å². The molecule has 2 fully saturated rings. The molecule has 6 heterocycles. The lowest BCUT2D eigenvalue weighted by Gasteiger charge is -2.45. The Morgan fingerprint density at radius 3 is 1.51 bits per heavy atom. The average Bonchev–Trinajstić information content (AvgIpc) is 1.61. The van der Waals surface area contributed by atoms with Crippen molar-refractivity contribution >= 4 is 95.2 Å². The van der Waals surface area contributed by atoms with Crippen LogP contribution in [0, 0.1) is 17.9 Å². The number of nitrogens with one attached hydrogen (secondary N) is 2. The monoisotopic (exact) mass is 1450 g/mol. The van der Waals surface area contributed by atoms with Gasteiger partial charge in [-0.25, -0.2) is 50.5 Å². The van der Waals surface area contributed by atoms with Crippen molar-refractivity contribution in [2.24, 2.45) is 0 Å². The maximum Gasteiger partial charge on any atom is 0.259 e. The SMILES string of the molecule is CC(C)N(C(C)C)P(OCCC#N)N(C(C)C)C(C)C.[2H]C([2H])(C)[C@H]1O[C@@H](n2cnc3c(NC(=O)c4ccccc4)ncnc32)[C@@H](OC)C1O.[2H]C([2H])(C)[C@H]1O[C@@H](n2cnc3c(NC(=O)c4ccccc4)ncnc32)[C@@H](OC)C1OP(OCC[N+]#[C-])N(C(C)C)C(C)C.[2H]CI.[PH2-]. The largest absolute Gasteiger partial charge is 0.577 e. The van der Waals surface area contributed by atoms with Crippen molar-refractivity contribution < 1.29 is 54.1 Å². The van der Waals surface area contributed by atoms with Gasteiger partial charge in [0.05, 0.1) is 44.0 Å². The lowest BCUT2D eigenvalue weighted by atomic mass is 10.1. The minimum absolute atomic E-state index is 0. The lowest BCUT2D eigenvalue weighted by molar-refractivity contribution is -0.0497. The summed E-state index contributed by atoms with van der Waals surface area (Å²) in [5.41, 5.74) is 2.32. The third kappa shape index (κ3) is 20.5. The Balaban J connectivity index is 0.000000322. The molecule has 25 nitrogen and oxygen atoms in total. The maximum atomic E-state index is 12.8. The molecule has 506 valence electrons. The molecule has 3 unspecified atom stereocenters. The van der Waals surface area contributed by atoms with Crippen LogP contribution in [0.4, 0.5) is 11.6 Å². The first-order chi connectivity index (χ1) is 45.4. The number of rotatable bonds is 27. The molecule has 2 saturated heterocycles. The quantitative estimate of drug-likeness (QED) is 0.0142. The predicted octanol–water partition coefficient (Wildman–Crippen LogP) is 12.6. The molecule has 29 heteroatoms. The molecule has 9 atom stereocenters. The number of hydrogen-bond acceptors (Lipinski definition) is 20. The van der Waals surface area contributed by atoms with E-state index in [1.165, 1.54) is 57.9 Å². The van der Waals surface area contributed by atoms with Crippen molar-refractivity contribution in [2.45, 2.75) is 201 Å².